The first kappa shape index (κ1) is 15.9. The molecule has 1 N–H and O–H groups in total. The van der Waals surface area contributed by atoms with Crippen molar-refractivity contribution in [3.05, 3.63) is 39.2 Å². The number of nitrogens with one attached hydrogen (secondary N) is 1. The summed E-state index contributed by atoms with van der Waals surface area (Å²) in [5.41, 5.74) is 3.63. The molecule has 0 spiro atoms. The molecule has 0 atom stereocenters. The van der Waals surface area contributed by atoms with E-state index in [-0.39, 0.29) is 5.91 Å². The van der Waals surface area contributed by atoms with Crippen LogP contribution in [0.3, 0.4) is 0 Å². The van der Waals surface area contributed by atoms with Crippen LogP contribution in [0.2, 0.25) is 0 Å². The summed E-state index contributed by atoms with van der Waals surface area (Å²) in [7, 11) is 0. The third-order valence-corrected chi connectivity index (χ3v) is 5.51. The van der Waals surface area contributed by atoms with E-state index in [1.807, 2.05) is 34.6 Å². The van der Waals surface area contributed by atoms with Gasteiger partial charge in [-0.3, -0.25) is 14.8 Å². The molecule has 3 aromatic heterocycles. The van der Waals surface area contributed by atoms with Crippen molar-refractivity contribution in [1.82, 2.24) is 14.8 Å². The lowest BCUT2D eigenvalue weighted by atomic mass is 10.2. The number of hydrogen-bond acceptors (Lipinski definition) is 5. The zero-order valence-corrected chi connectivity index (χ0v) is 14.9. The van der Waals surface area contributed by atoms with E-state index in [1.165, 1.54) is 16.2 Å². The first-order chi connectivity index (χ1) is 11.1. The number of rotatable bonds is 5. The van der Waals surface area contributed by atoms with Crippen molar-refractivity contribution >= 4 is 33.7 Å². The standard InChI is InChI=1S/C16H18N4OS2/c1-4-12-6-11(8-22-12)15(21)19-16-18-14(9-23-16)13-7-17-20(5-2)10(13)3/h6-9H,4-5H2,1-3H3,(H,18,19,21). The van der Waals surface area contributed by atoms with Crippen LogP contribution >= 0.6 is 22.7 Å². The molecule has 0 bridgehead atoms. The summed E-state index contributed by atoms with van der Waals surface area (Å²) in [4.78, 5) is 18.0. The molecule has 0 aliphatic heterocycles. The highest BCUT2D eigenvalue weighted by Crippen LogP contribution is 2.27. The van der Waals surface area contributed by atoms with Crippen LogP contribution in [0.5, 0.6) is 0 Å². The molecule has 0 radical (unpaired) electrons. The average molecular weight is 346 g/mol. The van der Waals surface area contributed by atoms with Crippen molar-refractivity contribution in [2.45, 2.75) is 33.7 Å². The van der Waals surface area contributed by atoms with Gasteiger partial charge in [-0.15, -0.1) is 22.7 Å². The second kappa shape index (κ2) is 6.64. The Balaban J connectivity index is 1.76. The summed E-state index contributed by atoms with van der Waals surface area (Å²) in [6, 6.07) is 1.93. The van der Waals surface area contributed by atoms with Crippen LogP contribution in [0, 0.1) is 6.92 Å². The molecule has 0 saturated carbocycles. The van der Waals surface area contributed by atoms with Gasteiger partial charge in [-0.05, 0) is 26.3 Å². The maximum Gasteiger partial charge on any atom is 0.258 e. The Hall–Kier alpha value is -1.99. The molecule has 120 valence electrons. The Morgan fingerprint density at radius 2 is 2.13 bits per heavy atom. The van der Waals surface area contributed by atoms with E-state index < -0.39 is 0 Å². The fourth-order valence-corrected chi connectivity index (χ4v) is 3.85. The number of aryl methyl sites for hydroxylation is 2. The van der Waals surface area contributed by atoms with E-state index in [0.29, 0.717) is 10.7 Å². The molecule has 3 aromatic rings. The lowest BCUT2D eigenvalue weighted by molar-refractivity contribution is 0.102. The van der Waals surface area contributed by atoms with Crippen molar-refractivity contribution in [2.75, 3.05) is 5.32 Å². The predicted molar refractivity (Wildman–Crippen MR) is 95.4 cm³/mol. The largest absolute Gasteiger partial charge is 0.298 e. The number of hydrogen-bond donors (Lipinski definition) is 1. The number of carbonyl (C=O) groups excluding carboxylic acids is 1. The topological polar surface area (TPSA) is 59.8 Å². The molecular weight excluding hydrogens is 328 g/mol. The number of nitrogens with zero attached hydrogens (tertiary/aromatic N) is 3. The lowest BCUT2D eigenvalue weighted by Gasteiger charge is -2.00. The van der Waals surface area contributed by atoms with Crippen LogP contribution in [0.25, 0.3) is 11.3 Å². The maximum absolute atomic E-state index is 12.3. The number of amides is 1. The Labute approximate surface area is 143 Å². The Kier molecular flexibility index (Phi) is 4.58. The minimum Gasteiger partial charge on any atom is -0.298 e. The van der Waals surface area contributed by atoms with Gasteiger partial charge in [-0.2, -0.15) is 5.10 Å². The summed E-state index contributed by atoms with van der Waals surface area (Å²) >= 11 is 3.04. The van der Waals surface area contributed by atoms with Crippen molar-refractivity contribution < 1.29 is 4.79 Å². The highest BCUT2D eigenvalue weighted by Gasteiger charge is 2.14. The smallest absolute Gasteiger partial charge is 0.258 e. The Bertz CT molecular complexity index is 831. The number of carbonyl (C=O) groups is 1. The number of thiazole rings is 1. The van der Waals surface area contributed by atoms with Crippen LogP contribution in [0.4, 0.5) is 5.13 Å². The van der Waals surface area contributed by atoms with Crippen LogP contribution in [0.1, 0.15) is 34.8 Å². The molecule has 1 amide bonds. The summed E-state index contributed by atoms with van der Waals surface area (Å²) in [6.07, 6.45) is 2.77. The predicted octanol–water partition coefficient (Wildman–Crippen LogP) is 4.21. The number of thiophene rings is 1. The van der Waals surface area contributed by atoms with Crippen molar-refractivity contribution in [2.24, 2.45) is 0 Å². The fourth-order valence-electron chi connectivity index (χ4n) is 2.33. The van der Waals surface area contributed by atoms with Gasteiger partial charge < -0.3 is 0 Å². The quantitative estimate of drug-likeness (QED) is 0.753. The minimum absolute atomic E-state index is 0.108. The molecule has 5 nitrogen and oxygen atoms in total. The van der Waals surface area contributed by atoms with E-state index in [0.717, 1.165) is 29.9 Å². The molecule has 3 heterocycles. The van der Waals surface area contributed by atoms with Gasteiger partial charge in [-0.1, -0.05) is 6.92 Å². The van der Waals surface area contributed by atoms with Gasteiger partial charge in [0.25, 0.3) is 5.91 Å². The molecule has 0 aliphatic rings. The van der Waals surface area contributed by atoms with Crippen LogP contribution < -0.4 is 5.32 Å². The zero-order valence-electron chi connectivity index (χ0n) is 13.3. The second-order valence-electron chi connectivity index (χ2n) is 5.11. The SMILES string of the molecule is CCc1cc(C(=O)Nc2nc(-c3cnn(CC)c3C)cs2)cs1. The lowest BCUT2D eigenvalue weighted by Crippen LogP contribution is -2.10. The van der Waals surface area contributed by atoms with E-state index in [1.54, 1.807) is 11.3 Å². The molecular formula is C16H18N4OS2. The van der Waals surface area contributed by atoms with Gasteiger partial charge in [0.1, 0.15) is 0 Å². The van der Waals surface area contributed by atoms with Gasteiger partial charge in [0.2, 0.25) is 0 Å². The molecule has 0 aromatic carbocycles. The van der Waals surface area contributed by atoms with Gasteiger partial charge >= 0.3 is 0 Å². The van der Waals surface area contributed by atoms with Gasteiger partial charge in [0, 0.05) is 33.4 Å². The van der Waals surface area contributed by atoms with E-state index in [9.17, 15) is 4.79 Å². The summed E-state index contributed by atoms with van der Waals surface area (Å²) in [5.74, 6) is -0.108. The minimum atomic E-state index is -0.108. The highest BCUT2D eigenvalue weighted by atomic mass is 32.1. The molecule has 0 aliphatic carbocycles. The first-order valence-corrected chi connectivity index (χ1v) is 9.25. The maximum atomic E-state index is 12.3. The molecule has 0 unspecified atom stereocenters. The molecule has 3 rings (SSSR count). The third kappa shape index (κ3) is 3.20. The van der Waals surface area contributed by atoms with Crippen molar-refractivity contribution in [3.8, 4) is 11.3 Å². The van der Waals surface area contributed by atoms with Crippen LogP contribution in [0.15, 0.2) is 23.0 Å². The average Bonchev–Trinajstić information content (AvgIpc) is 3.26. The first-order valence-electron chi connectivity index (χ1n) is 7.49. The Morgan fingerprint density at radius 1 is 1.30 bits per heavy atom. The second-order valence-corrected chi connectivity index (χ2v) is 6.96. The molecule has 0 fully saturated rings. The van der Waals surface area contributed by atoms with Crippen molar-refractivity contribution in [3.63, 3.8) is 0 Å². The highest BCUT2D eigenvalue weighted by molar-refractivity contribution is 7.14. The summed E-state index contributed by atoms with van der Waals surface area (Å²) in [6.45, 7) is 7.00. The van der Waals surface area contributed by atoms with Gasteiger partial charge in [-0.25, -0.2) is 4.98 Å². The van der Waals surface area contributed by atoms with E-state index >= 15 is 0 Å². The normalized spacial score (nSPS) is 10.9. The van der Waals surface area contributed by atoms with Gasteiger partial charge in [0.05, 0.1) is 17.5 Å². The summed E-state index contributed by atoms with van der Waals surface area (Å²) < 4.78 is 1.94. The van der Waals surface area contributed by atoms with Crippen LogP contribution in [-0.4, -0.2) is 20.7 Å². The summed E-state index contributed by atoms with van der Waals surface area (Å²) in [5, 5.41) is 11.7. The molecule has 0 saturated heterocycles. The van der Waals surface area contributed by atoms with E-state index in [2.05, 4.69) is 29.2 Å². The Morgan fingerprint density at radius 3 is 2.78 bits per heavy atom. The van der Waals surface area contributed by atoms with Gasteiger partial charge in [0.15, 0.2) is 5.13 Å². The number of anilines is 1. The molecule has 23 heavy (non-hydrogen) atoms. The fraction of sp³-hybridized carbons (Fsp3) is 0.312. The van der Waals surface area contributed by atoms with Crippen molar-refractivity contribution in [1.29, 1.82) is 0 Å². The van der Waals surface area contributed by atoms with Crippen LogP contribution in [-0.2, 0) is 13.0 Å². The molecule has 7 heteroatoms. The zero-order chi connectivity index (χ0) is 16.4. The third-order valence-electron chi connectivity index (χ3n) is 3.67. The monoisotopic (exact) mass is 346 g/mol. The number of aromatic nitrogens is 3. The van der Waals surface area contributed by atoms with E-state index in [4.69, 9.17) is 0 Å².